The van der Waals surface area contributed by atoms with Gasteiger partial charge in [0.15, 0.2) is 0 Å². The van der Waals surface area contributed by atoms with Crippen LogP contribution in [0.25, 0.3) is 0 Å². The molecule has 0 spiro atoms. The van der Waals surface area contributed by atoms with Crippen molar-refractivity contribution in [3.63, 3.8) is 0 Å². The molecule has 0 bridgehead atoms. The van der Waals surface area contributed by atoms with E-state index in [1.807, 2.05) is 0 Å². The van der Waals surface area contributed by atoms with Crippen LogP contribution in [-0.4, -0.2) is 67.9 Å². The number of benzene rings is 1. The van der Waals surface area contributed by atoms with E-state index in [-0.39, 0.29) is 5.56 Å². The lowest BCUT2D eigenvalue weighted by Crippen LogP contribution is -2.48. The molecule has 1 aliphatic rings. The smallest absolute Gasteiger partial charge is 0.131 e. The van der Waals surface area contributed by atoms with Crippen molar-refractivity contribution in [1.82, 2.24) is 9.80 Å². The predicted molar refractivity (Wildman–Crippen MR) is 76.1 cm³/mol. The van der Waals surface area contributed by atoms with Gasteiger partial charge in [-0.05, 0) is 6.07 Å². The number of β-amino-alcohol motifs (C(OH)–C–C–N with tert-alkyl or cyclic N) is 1. The Labute approximate surface area is 123 Å². The number of hydrogen-bond acceptors (Lipinski definition) is 4. The molecule has 0 amide bonds. The Morgan fingerprint density at radius 1 is 1.19 bits per heavy atom. The van der Waals surface area contributed by atoms with E-state index in [1.54, 1.807) is 7.11 Å². The van der Waals surface area contributed by atoms with E-state index in [0.717, 1.165) is 38.8 Å². The number of aliphatic hydroxyl groups is 1. The van der Waals surface area contributed by atoms with E-state index >= 15 is 0 Å². The summed E-state index contributed by atoms with van der Waals surface area (Å²) >= 11 is 0. The minimum Gasteiger partial charge on any atom is -0.387 e. The van der Waals surface area contributed by atoms with Gasteiger partial charge in [0.1, 0.15) is 11.6 Å². The lowest BCUT2D eigenvalue weighted by molar-refractivity contribution is 0.0599. The second kappa shape index (κ2) is 7.79. The van der Waals surface area contributed by atoms with Crippen LogP contribution in [-0.2, 0) is 4.74 Å². The second-order valence-electron chi connectivity index (χ2n) is 5.32. The highest BCUT2D eigenvalue weighted by Gasteiger charge is 2.21. The molecular weight excluding hydrogens is 278 g/mol. The van der Waals surface area contributed by atoms with Gasteiger partial charge >= 0.3 is 0 Å². The number of piperazine rings is 1. The second-order valence-corrected chi connectivity index (χ2v) is 5.32. The Morgan fingerprint density at radius 2 is 1.86 bits per heavy atom. The average Bonchev–Trinajstić information content (AvgIpc) is 2.46. The molecule has 118 valence electrons. The molecule has 1 aromatic carbocycles. The first-order valence-electron chi connectivity index (χ1n) is 7.17. The SMILES string of the molecule is COCCN1CCN(C[C@H](O)c2ccc(F)cc2F)CC1. The molecule has 0 aromatic heterocycles. The van der Waals surface area contributed by atoms with Crippen LogP contribution in [0.5, 0.6) is 0 Å². The number of methoxy groups -OCH3 is 1. The first kappa shape index (κ1) is 16.3. The molecule has 0 radical (unpaired) electrons. The zero-order chi connectivity index (χ0) is 15.2. The van der Waals surface area contributed by atoms with Crippen LogP contribution in [0, 0.1) is 11.6 Å². The zero-order valence-electron chi connectivity index (χ0n) is 12.3. The maximum Gasteiger partial charge on any atom is 0.131 e. The van der Waals surface area contributed by atoms with Gasteiger partial charge in [-0.25, -0.2) is 8.78 Å². The highest BCUT2D eigenvalue weighted by atomic mass is 19.1. The van der Waals surface area contributed by atoms with Crippen molar-refractivity contribution in [3.8, 4) is 0 Å². The first-order chi connectivity index (χ1) is 10.1. The van der Waals surface area contributed by atoms with Crippen molar-refractivity contribution in [1.29, 1.82) is 0 Å². The highest BCUT2D eigenvalue weighted by Crippen LogP contribution is 2.19. The van der Waals surface area contributed by atoms with E-state index in [9.17, 15) is 13.9 Å². The molecule has 1 heterocycles. The molecule has 2 rings (SSSR count). The standard InChI is InChI=1S/C15H22F2N2O2/c1-21-9-8-18-4-6-19(7-5-18)11-15(20)13-3-2-12(16)10-14(13)17/h2-3,10,15,20H,4-9,11H2,1H3/t15-/m0/s1. The lowest BCUT2D eigenvalue weighted by atomic mass is 10.1. The van der Waals surface area contributed by atoms with Gasteiger partial charge in [0, 0.05) is 58.0 Å². The molecule has 1 N–H and O–H groups in total. The molecule has 0 saturated carbocycles. The number of aliphatic hydroxyl groups excluding tert-OH is 1. The van der Waals surface area contributed by atoms with Crippen LogP contribution in [0.2, 0.25) is 0 Å². The quantitative estimate of drug-likeness (QED) is 0.858. The van der Waals surface area contributed by atoms with Gasteiger partial charge in [-0.15, -0.1) is 0 Å². The molecular formula is C15H22F2N2O2. The molecule has 6 heteroatoms. The fourth-order valence-corrected chi connectivity index (χ4v) is 2.53. The Kier molecular flexibility index (Phi) is 6.05. The Hall–Kier alpha value is -1.08. The lowest BCUT2D eigenvalue weighted by Gasteiger charge is -2.35. The van der Waals surface area contributed by atoms with Crippen molar-refractivity contribution in [2.45, 2.75) is 6.10 Å². The molecule has 1 atom stereocenters. The molecule has 1 saturated heterocycles. The molecule has 21 heavy (non-hydrogen) atoms. The molecule has 4 nitrogen and oxygen atoms in total. The summed E-state index contributed by atoms with van der Waals surface area (Å²) in [5.41, 5.74) is 0.151. The molecule has 0 unspecified atom stereocenters. The summed E-state index contributed by atoms with van der Waals surface area (Å²) in [6.45, 7) is 5.43. The van der Waals surface area contributed by atoms with Gasteiger partial charge < -0.3 is 9.84 Å². The summed E-state index contributed by atoms with van der Waals surface area (Å²) in [6.07, 6.45) is -0.934. The van der Waals surface area contributed by atoms with Crippen molar-refractivity contribution >= 4 is 0 Å². The Morgan fingerprint density at radius 3 is 2.48 bits per heavy atom. The van der Waals surface area contributed by atoms with E-state index in [0.29, 0.717) is 13.2 Å². The Balaban J connectivity index is 1.82. The average molecular weight is 300 g/mol. The van der Waals surface area contributed by atoms with E-state index in [4.69, 9.17) is 4.74 Å². The minimum atomic E-state index is -0.934. The normalized spacial score (nSPS) is 18.9. The van der Waals surface area contributed by atoms with Crippen molar-refractivity contribution < 1.29 is 18.6 Å². The summed E-state index contributed by atoms with van der Waals surface area (Å²) in [6, 6.07) is 3.29. The van der Waals surface area contributed by atoms with Gasteiger partial charge in [-0.1, -0.05) is 6.07 Å². The maximum atomic E-state index is 13.6. The van der Waals surface area contributed by atoms with Crippen molar-refractivity contribution in [3.05, 3.63) is 35.4 Å². The summed E-state index contributed by atoms with van der Waals surface area (Å²) in [5.74, 6) is -1.32. The number of hydrogen-bond donors (Lipinski definition) is 1. The topological polar surface area (TPSA) is 35.9 Å². The van der Waals surface area contributed by atoms with Crippen LogP contribution in [0.1, 0.15) is 11.7 Å². The fraction of sp³-hybridized carbons (Fsp3) is 0.600. The summed E-state index contributed by atoms with van der Waals surface area (Å²) in [4.78, 5) is 4.39. The highest BCUT2D eigenvalue weighted by molar-refractivity contribution is 5.21. The van der Waals surface area contributed by atoms with Crippen LogP contribution >= 0.6 is 0 Å². The number of nitrogens with zero attached hydrogens (tertiary/aromatic N) is 2. The summed E-state index contributed by atoms with van der Waals surface area (Å²) in [5, 5.41) is 10.1. The maximum absolute atomic E-state index is 13.6. The van der Waals surface area contributed by atoms with Crippen molar-refractivity contribution in [2.75, 3.05) is 53.0 Å². The molecule has 0 aliphatic carbocycles. The van der Waals surface area contributed by atoms with Crippen LogP contribution in [0.4, 0.5) is 8.78 Å². The van der Waals surface area contributed by atoms with Crippen LogP contribution in [0.3, 0.4) is 0 Å². The third-order valence-corrected chi connectivity index (χ3v) is 3.83. The van der Waals surface area contributed by atoms with E-state index in [2.05, 4.69) is 9.80 Å². The van der Waals surface area contributed by atoms with Crippen LogP contribution < -0.4 is 0 Å². The third-order valence-electron chi connectivity index (χ3n) is 3.83. The van der Waals surface area contributed by atoms with Gasteiger partial charge in [-0.2, -0.15) is 0 Å². The first-order valence-corrected chi connectivity index (χ1v) is 7.17. The van der Waals surface area contributed by atoms with E-state index in [1.165, 1.54) is 12.1 Å². The Bertz CT molecular complexity index is 451. The molecule has 1 aromatic rings. The summed E-state index contributed by atoms with van der Waals surface area (Å²) in [7, 11) is 1.68. The molecule has 1 fully saturated rings. The molecule has 1 aliphatic heterocycles. The van der Waals surface area contributed by atoms with Gasteiger partial charge in [0.2, 0.25) is 0 Å². The van der Waals surface area contributed by atoms with Gasteiger partial charge in [-0.3, -0.25) is 9.80 Å². The van der Waals surface area contributed by atoms with Crippen LogP contribution in [0.15, 0.2) is 18.2 Å². The van der Waals surface area contributed by atoms with Gasteiger partial charge in [0.05, 0.1) is 12.7 Å². The monoisotopic (exact) mass is 300 g/mol. The third kappa shape index (κ3) is 4.71. The number of ether oxygens (including phenoxy) is 1. The zero-order valence-corrected chi connectivity index (χ0v) is 12.3. The minimum absolute atomic E-state index is 0.151. The summed E-state index contributed by atoms with van der Waals surface area (Å²) < 4.78 is 31.5. The predicted octanol–water partition coefficient (Wildman–Crippen LogP) is 1.26. The largest absolute Gasteiger partial charge is 0.387 e. The number of rotatable bonds is 6. The fourth-order valence-electron chi connectivity index (χ4n) is 2.53. The van der Waals surface area contributed by atoms with Gasteiger partial charge in [0.25, 0.3) is 0 Å². The van der Waals surface area contributed by atoms with Crippen molar-refractivity contribution in [2.24, 2.45) is 0 Å². The number of halogens is 2. The van der Waals surface area contributed by atoms with E-state index < -0.39 is 17.7 Å².